The lowest BCUT2D eigenvalue weighted by Crippen LogP contribution is -2.20. The molecule has 0 saturated carbocycles. The molecule has 8 nitrogen and oxygen atoms in total. The summed E-state index contributed by atoms with van der Waals surface area (Å²) in [6, 6.07) is 8.22. The Morgan fingerprint density at radius 2 is 1.85 bits per heavy atom. The number of hydrogen-bond acceptors (Lipinski definition) is 4. The summed E-state index contributed by atoms with van der Waals surface area (Å²) >= 11 is 0. The van der Waals surface area contributed by atoms with Crippen molar-refractivity contribution in [3.63, 3.8) is 0 Å². The maximum Gasteiger partial charge on any atom is 0.338 e. The van der Waals surface area contributed by atoms with Crippen LogP contribution in [-0.4, -0.2) is 36.5 Å². The van der Waals surface area contributed by atoms with Crippen LogP contribution in [0.5, 0.6) is 0 Å². The number of carboxylic acid groups (broad SMARTS) is 1. The second-order valence-electron chi connectivity index (χ2n) is 6.47. The zero-order valence-electron chi connectivity index (χ0n) is 15.4. The molecule has 0 radical (unpaired) electrons. The highest BCUT2D eigenvalue weighted by molar-refractivity contribution is 5.92. The van der Waals surface area contributed by atoms with Crippen LogP contribution in [0.15, 0.2) is 36.7 Å². The number of aromatic carboxylic acids is 1. The molecular formula is C19H21N5O3. The molecule has 3 aromatic rings. The Morgan fingerprint density at radius 1 is 1.15 bits per heavy atom. The molecule has 2 heterocycles. The van der Waals surface area contributed by atoms with Gasteiger partial charge < -0.3 is 10.4 Å². The van der Waals surface area contributed by atoms with Crippen molar-refractivity contribution in [2.75, 3.05) is 5.32 Å². The third kappa shape index (κ3) is 4.22. The fourth-order valence-electron chi connectivity index (χ4n) is 2.78. The van der Waals surface area contributed by atoms with Crippen LogP contribution in [0.3, 0.4) is 0 Å². The number of carbonyl (C=O) groups is 2. The summed E-state index contributed by atoms with van der Waals surface area (Å²) < 4.78 is 3.15. The Hall–Kier alpha value is -3.42. The minimum absolute atomic E-state index is 0.0427. The first-order valence-corrected chi connectivity index (χ1v) is 8.48. The van der Waals surface area contributed by atoms with E-state index >= 15 is 0 Å². The summed E-state index contributed by atoms with van der Waals surface area (Å²) in [5.41, 5.74) is 4.61. The predicted octanol–water partition coefficient (Wildman–Crippen LogP) is 2.39. The van der Waals surface area contributed by atoms with Crippen molar-refractivity contribution < 1.29 is 14.7 Å². The van der Waals surface area contributed by atoms with E-state index in [1.807, 2.05) is 25.5 Å². The van der Waals surface area contributed by atoms with Gasteiger partial charge in [0.15, 0.2) is 0 Å². The number of aryl methyl sites for hydroxylation is 2. The van der Waals surface area contributed by atoms with Gasteiger partial charge in [0.2, 0.25) is 5.91 Å². The molecule has 140 valence electrons. The van der Waals surface area contributed by atoms with Gasteiger partial charge in [0, 0.05) is 6.20 Å². The molecule has 27 heavy (non-hydrogen) atoms. The number of nitrogens with zero attached hydrogens (tertiary/aromatic N) is 4. The minimum Gasteiger partial charge on any atom is -0.478 e. The third-order valence-electron chi connectivity index (χ3n) is 4.28. The summed E-state index contributed by atoms with van der Waals surface area (Å²) in [7, 11) is 0. The molecule has 0 saturated heterocycles. The molecule has 0 aliphatic carbocycles. The van der Waals surface area contributed by atoms with Crippen LogP contribution in [0.1, 0.15) is 32.9 Å². The van der Waals surface area contributed by atoms with E-state index in [1.54, 1.807) is 0 Å². The molecule has 3 rings (SSSR count). The Balaban J connectivity index is 1.70. The average molecular weight is 367 g/mol. The van der Waals surface area contributed by atoms with Gasteiger partial charge in [-0.2, -0.15) is 10.2 Å². The molecular weight excluding hydrogens is 346 g/mol. The summed E-state index contributed by atoms with van der Waals surface area (Å²) in [5, 5.41) is 20.2. The highest BCUT2D eigenvalue weighted by Gasteiger charge is 2.15. The molecule has 1 amide bonds. The molecule has 0 bridgehead atoms. The van der Waals surface area contributed by atoms with E-state index in [9.17, 15) is 9.59 Å². The Kier molecular flexibility index (Phi) is 5.07. The highest BCUT2D eigenvalue weighted by Crippen LogP contribution is 2.20. The quantitative estimate of drug-likeness (QED) is 0.696. The Bertz CT molecular complexity index is 985. The fourth-order valence-corrected chi connectivity index (χ4v) is 2.78. The van der Waals surface area contributed by atoms with E-state index in [4.69, 9.17) is 5.11 Å². The van der Waals surface area contributed by atoms with Gasteiger partial charge in [-0.25, -0.2) is 4.79 Å². The number of carboxylic acids is 1. The van der Waals surface area contributed by atoms with Crippen LogP contribution in [-0.2, 0) is 17.9 Å². The first kappa shape index (κ1) is 18.4. The number of carbonyl (C=O) groups excluding carboxylic acids is 1. The smallest absolute Gasteiger partial charge is 0.338 e. The number of aromatic nitrogens is 4. The van der Waals surface area contributed by atoms with E-state index in [-0.39, 0.29) is 18.0 Å². The van der Waals surface area contributed by atoms with Crippen LogP contribution < -0.4 is 5.32 Å². The van der Waals surface area contributed by atoms with Crippen LogP contribution in [0, 0.1) is 20.8 Å². The third-order valence-corrected chi connectivity index (χ3v) is 4.28. The lowest BCUT2D eigenvalue weighted by molar-refractivity contribution is -0.116. The number of amides is 1. The van der Waals surface area contributed by atoms with E-state index in [2.05, 4.69) is 39.8 Å². The molecule has 0 aliphatic rings. The van der Waals surface area contributed by atoms with Crippen LogP contribution in [0.25, 0.3) is 0 Å². The molecule has 2 aromatic heterocycles. The molecule has 0 fully saturated rings. The van der Waals surface area contributed by atoms with Crippen molar-refractivity contribution in [2.24, 2.45) is 0 Å². The van der Waals surface area contributed by atoms with Gasteiger partial charge in [-0.15, -0.1) is 0 Å². The Labute approximate surface area is 156 Å². The molecule has 0 unspecified atom stereocenters. The van der Waals surface area contributed by atoms with Gasteiger partial charge in [-0.3, -0.25) is 14.2 Å². The molecule has 1 aromatic carbocycles. The first-order valence-electron chi connectivity index (χ1n) is 8.48. The molecule has 0 aliphatic heterocycles. The predicted molar refractivity (Wildman–Crippen MR) is 99.8 cm³/mol. The summed E-state index contributed by atoms with van der Waals surface area (Å²) in [6.45, 7) is 6.32. The fraction of sp³-hybridized carbons (Fsp3) is 0.263. The maximum atomic E-state index is 12.3. The largest absolute Gasteiger partial charge is 0.478 e. The molecule has 2 N–H and O–H groups in total. The zero-order chi connectivity index (χ0) is 19.6. The number of hydrogen-bond donors (Lipinski definition) is 2. The van der Waals surface area contributed by atoms with Crippen molar-refractivity contribution in [1.82, 2.24) is 19.6 Å². The second kappa shape index (κ2) is 7.45. The molecule has 0 atom stereocenters. The van der Waals surface area contributed by atoms with E-state index in [0.717, 1.165) is 17.0 Å². The Morgan fingerprint density at radius 3 is 2.48 bits per heavy atom. The molecule has 0 spiro atoms. The van der Waals surface area contributed by atoms with Gasteiger partial charge in [0.1, 0.15) is 6.54 Å². The monoisotopic (exact) mass is 367 g/mol. The van der Waals surface area contributed by atoms with Crippen molar-refractivity contribution in [3.05, 3.63) is 64.7 Å². The topological polar surface area (TPSA) is 102 Å². The van der Waals surface area contributed by atoms with Crippen LogP contribution >= 0.6 is 0 Å². The van der Waals surface area contributed by atoms with Crippen LogP contribution in [0.2, 0.25) is 0 Å². The van der Waals surface area contributed by atoms with Crippen molar-refractivity contribution in [2.45, 2.75) is 33.9 Å². The summed E-state index contributed by atoms with van der Waals surface area (Å²) in [4.78, 5) is 23.2. The number of benzene rings is 1. The van der Waals surface area contributed by atoms with Gasteiger partial charge in [-0.05, 0) is 26.3 Å². The number of nitrogens with one attached hydrogen (secondary N) is 1. The van der Waals surface area contributed by atoms with E-state index < -0.39 is 5.97 Å². The van der Waals surface area contributed by atoms with E-state index in [0.29, 0.717) is 12.2 Å². The lowest BCUT2D eigenvalue weighted by atomic mass is 10.1. The first-order chi connectivity index (χ1) is 12.8. The van der Waals surface area contributed by atoms with Crippen LogP contribution in [0.4, 0.5) is 5.69 Å². The molecule has 8 heteroatoms. The summed E-state index contributed by atoms with van der Waals surface area (Å²) in [5.74, 6) is -1.37. The SMILES string of the molecule is Cc1ccc(Cn2nc(C)c(NC(=O)Cn3cc(C(=O)O)cn3)c2C)cc1. The summed E-state index contributed by atoms with van der Waals surface area (Å²) in [6.07, 6.45) is 2.54. The van der Waals surface area contributed by atoms with Gasteiger partial charge in [0.05, 0.1) is 35.4 Å². The normalized spacial score (nSPS) is 10.8. The lowest BCUT2D eigenvalue weighted by Gasteiger charge is -2.08. The maximum absolute atomic E-state index is 12.3. The number of anilines is 1. The van der Waals surface area contributed by atoms with Crippen molar-refractivity contribution in [3.8, 4) is 0 Å². The number of rotatable bonds is 6. The minimum atomic E-state index is -1.08. The standard InChI is InChI=1S/C19H21N5O3/c1-12-4-6-15(7-5-12)9-24-14(3)18(13(2)22-24)21-17(25)11-23-10-16(8-20-23)19(26)27/h4-8,10H,9,11H2,1-3H3,(H,21,25)(H,26,27). The second-order valence-corrected chi connectivity index (χ2v) is 6.47. The highest BCUT2D eigenvalue weighted by atomic mass is 16.4. The van der Waals surface area contributed by atoms with Crippen molar-refractivity contribution >= 4 is 17.6 Å². The van der Waals surface area contributed by atoms with Gasteiger partial charge >= 0.3 is 5.97 Å². The van der Waals surface area contributed by atoms with Gasteiger partial charge in [0.25, 0.3) is 0 Å². The average Bonchev–Trinajstić information content (AvgIpc) is 3.18. The van der Waals surface area contributed by atoms with Gasteiger partial charge in [-0.1, -0.05) is 29.8 Å². The van der Waals surface area contributed by atoms with Crippen molar-refractivity contribution in [1.29, 1.82) is 0 Å². The van der Waals surface area contributed by atoms with E-state index in [1.165, 1.54) is 22.6 Å². The zero-order valence-corrected chi connectivity index (χ0v) is 15.4.